The van der Waals surface area contributed by atoms with Gasteiger partial charge in [-0.15, -0.1) is 0 Å². The van der Waals surface area contributed by atoms with Crippen molar-refractivity contribution in [2.24, 2.45) is 0 Å². The number of hydrogen-bond acceptors (Lipinski definition) is 6. The lowest BCUT2D eigenvalue weighted by atomic mass is 9.97. The van der Waals surface area contributed by atoms with Gasteiger partial charge in [0.1, 0.15) is 0 Å². The van der Waals surface area contributed by atoms with Crippen LogP contribution in [0.1, 0.15) is 33.3 Å². The number of ether oxygens (including phenoxy) is 3. The van der Waals surface area contributed by atoms with E-state index in [1.165, 1.54) is 6.07 Å². The second-order valence-electron chi connectivity index (χ2n) is 9.01. The molecule has 0 saturated heterocycles. The Morgan fingerprint density at radius 2 is 1.82 bits per heavy atom. The Morgan fingerprint density at radius 1 is 1.18 bits per heavy atom. The molecule has 1 aliphatic rings. The fraction of sp³-hybridized carbons (Fsp3) is 0.545. The molecule has 7 nitrogen and oxygen atoms in total. The topological polar surface area (TPSA) is 83.1 Å². The Bertz CT molecular complexity index is 908. The summed E-state index contributed by atoms with van der Waals surface area (Å²) in [6, 6.07) is 3.40. The Labute approximate surface area is 192 Å². The minimum Gasteiger partial charge on any atom is -0.463 e. The summed E-state index contributed by atoms with van der Waals surface area (Å²) in [5.41, 5.74) is 0.460. The van der Waals surface area contributed by atoms with Crippen molar-refractivity contribution in [2.45, 2.75) is 58.0 Å². The summed E-state index contributed by atoms with van der Waals surface area (Å²) in [4.78, 5) is 24.1. The van der Waals surface area contributed by atoms with Crippen LogP contribution in [-0.2, 0) is 18.8 Å². The van der Waals surface area contributed by atoms with Crippen molar-refractivity contribution < 1.29 is 41.4 Å². The molecule has 1 N–H and O–H groups in total. The molecular formula is C22H30F3NO6Si. The highest BCUT2D eigenvalue weighted by molar-refractivity contribution is 6.74. The van der Waals surface area contributed by atoms with E-state index in [2.05, 4.69) is 0 Å². The van der Waals surface area contributed by atoms with Gasteiger partial charge in [0.05, 0.1) is 19.3 Å². The third-order valence-electron chi connectivity index (χ3n) is 5.62. The highest BCUT2D eigenvalue weighted by atomic mass is 28.4. The smallest absolute Gasteiger partial charge is 0.463 e. The molecule has 0 unspecified atom stereocenters. The van der Waals surface area contributed by atoms with Gasteiger partial charge in [0.15, 0.2) is 19.8 Å². The van der Waals surface area contributed by atoms with E-state index in [0.29, 0.717) is 17.1 Å². The monoisotopic (exact) mass is 489 g/mol. The lowest BCUT2D eigenvalue weighted by Gasteiger charge is -2.37. The van der Waals surface area contributed by atoms with Crippen LogP contribution in [0.15, 0.2) is 24.3 Å². The quantitative estimate of drug-likeness (QED) is 0.331. The number of amides is 1. The zero-order valence-corrected chi connectivity index (χ0v) is 20.6. The van der Waals surface area contributed by atoms with E-state index in [4.69, 9.17) is 18.6 Å². The molecule has 2 rings (SSSR count). The average Bonchev–Trinajstić information content (AvgIpc) is 3.15. The SMILES string of the molecule is CCOC(=O)/C=C(\c1ccc2c(c1)OCO2)[C@H](CO[Si](C)(C)C(C)(C)C)NC(=O)C(F)(F)F. The first kappa shape index (κ1) is 26.7. The standard InChI is InChI=1S/C22H30F3NO6Si/c1-7-29-19(27)11-15(14-8-9-17-18(10-14)31-13-30-17)16(26-20(28)22(23,24)25)12-32-33(5,6)21(2,3)4/h8-11,16H,7,12-13H2,1-6H3,(H,26,28)/b15-11+/t16-/m0/s1. The summed E-state index contributed by atoms with van der Waals surface area (Å²) >= 11 is 0. The molecule has 11 heteroatoms. The fourth-order valence-electron chi connectivity index (χ4n) is 2.73. The molecular weight excluding hydrogens is 459 g/mol. The first-order chi connectivity index (χ1) is 15.2. The predicted molar refractivity (Wildman–Crippen MR) is 118 cm³/mol. The van der Waals surface area contributed by atoms with Gasteiger partial charge in [-0.05, 0) is 48.3 Å². The summed E-state index contributed by atoms with van der Waals surface area (Å²) in [7, 11) is -2.40. The van der Waals surface area contributed by atoms with Crippen LogP contribution in [0.3, 0.4) is 0 Å². The van der Waals surface area contributed by atoms with Gasteiger partial charge >= 0.3 is 18.1 Å². The highest BCUT2D eigenvalue weighted by Gasteiger charge is 2.42. The Balaban J connectivity index is 2.50. The molecule has 0 radical (unpaired) electrons. The summed E-state index contributed by atoms with van der Waals surface area (Å²) in [5.74, 6) is -2.07. The van der Waals surface area contributed by atoms with E-state index in [9.17, 15) is 22.8 Å². The van der Waals surface area contributed by atoms with Gasteiger partial charge in [-0.3, -0.25) is 4.79 Å². The minimum absolute atomic E-state index is 0.00156. The van der Waals surface area contributed by atoms with Crippen LogP contribution in [0, 0.1) is 0 Å². The second-order valence-corrected chi connectivity index (χ2v) is 13.8. The summed E-state index contributed by atoms with van der Waals surface area (Å²) in [6.45, 7) is 11.2. The normalized spacial score (nSPS) is 15.2. The molecule has 0 fully saturated rings. The van der Waals surface area contributed by atoms with Crippen LogP contribution in [0.5, 0.6) is 11.5 Å². The van der Waals surface area contributed by atoms with Gasteiger partial charge in [-0.1, -0.05) is 26.8 Å². The van der Waals surface area contributed by atoms with Crippen molar-refractivity contribution in [1.29, 1.82) is 0 Å². The van der Waals surface area contributed by atoms with Crippen molar-refractivity contribution in [1.82, 2.24) is 5.32 Å². The van der Waals surface area contributed by atoms with E-state index in [1.807, 2.05) is 39.2 Å². The number of rotatable bonds is 8. The van der Waals surface area contributed by atoms with Gasteiger partial charge in [0.25, 0.3) is 0 Å². The number of nitrogens with one attached hydrogen (secondary N) is 1. The van der Waals surface area contributed by atoms with E-state index < -0.39 is 32.4 Å². The molecule has 0 aliphatic carbocycles. The molecule has 33 heavy (non-hydrogen) atoms. The van der Waals surface area contributed by atoms with E-state index >= 15 is 0 Å². The van der Waals surface area contributed by atoms with Crippen LogP contribution in [0.2, 0.25) is 18.1 Å². The summed E-state index contributed by atoms with van der Waals surface area (Å²) < 4.78 is 61.1. The molecule has 184 valence electrons. The lowest BCUT2D eigenvalue weighted by Crippen LogP contribution is -2.49. The molecule has 1 amide bonds. The molecule has 1 atom stereocenters. The molecule has 1 heterocycles. The van der Waals surface area contributed by atoms with E-state index in [1.54, 1.807) is 19.1 Å². The van der Waals surface area contributed by atoms with Gasteiger partial charge in [-0.2, -0.15) is 13.2 Å². The predicted octanol–water partition coefficient (Wildman–Crippen LogP) is 4.43. The molecule has 0 spiro atoms. The maximum absolute atomic E-state index is 13.1. The van der Waals surface area contributed by atoms with Crippen molar-refractivity contribution in [3.8, 4) is 11.5 Å². The first-order valence-electron chi connectivity index (χ1n) is 10.5. The van der Waals surface area contributed by atoms with E-state index in [-0.39, 0.29) is 30.6 Å². The molecule has 1 aromatic rings. The average molecular weight is 490 g/mol. The number of carbonyl (C=O) groups excluding carboxylic acids is 2. The third-order valence-corrected chi connectivity index (χ3v) is 10.1. The van der Waals surface area contributed by atoms with E-state index in [0.717, 1.165) is 6.08 Å². The molecule has 0 bridgehead atoms. The number of fused-ring (bicyclic) bond motifs is 1. The maximum Gasteiger partial charge on any atom is 0.471 e. The molecule has 1 aromatic carbocycles. The van der Waals surface area contributed by atoms with Gasteiger partial charge < -0.3 is 24.0 Å². The van der Waals surface area contributed by atoms with Crippen molar-refractivity contribution in [2.75, 3.05) is 20.0 Å². The van der Waals surface area contributed by atoms with Crippen LogP contribution in [0.4, 0.5) is 13.2 Å². The van der Waals surface area contributed by atoms with Gasteiger partial charge in [-0.25, -0.2) is 4.79 Å². The molecule has 0 aromatic heterocycles. The number of benzene rings is 1. The summed E-state index contributed by atoms with van der Waals surface area (Å²) in [5, 5.41) is 1.75. The van der Waals surface area contributed by atoms with Gasteiger partial charge in [0, 0.05) is 6.08 Å². The Kier molecular flexibility index (Phi) is 8.23. The molecule has 0 saturated carbocycles. The van der Waals surface area contributed by atoms with Crippen molar-refractivity contribution in [3.63, 3.8) is 0 Å². The van der Waals surface area contributed by atoms with Crippen LogP contribution in [-0.4, -0.2) is 52.4 Å². The largest absolute Gasteiger partial charge is 0.471 e. The lowest BCUT2D eigenvalue weighted by molar-refractivity contribution is -0.174. The Hall–Kier alpha value is -2.53. The highest BCUT2D eigenvalue weighted by Crippen LogP contribution is 2.38. The third kappa shape index (κ3) is 6.97. The Morgan fingerprint density at radius 3 is 2.39 bits per heavy atom. The number of alkyl halides is 3. The van der Waals surface area contributed by atoms with Crippen LogP contribution in [0.25, 0.3) is 5.57 Å². The van der Waals surface area contributed by atoms with Crippen LogP contribution >= 0.6 is 0 Å². The molecule has 1 aliphatic heterocycles. The fourth-order valence-corrected chi connectivity index (χ4v) is 3.75. The van der Waals surface area contributed by atoms with Crippen molar-refractivity contribution in [3.05, 3.63) is 29.8 Å². The van der Waals surface area contributed by atoms with Gasteiger partial charge in [0.2, 0.25) is 6.79 Å². The maximum atomic E-state index is 13.1. The zero-order valence-electron chi connectivity index (χ0n) is 19.6. The zero-order chi connectivity index (χ0) is 25.0. The first-order valence-corrected chi connectivity index (χ1v) is 13.4. The second kappa shape index (κ2) is 10.2. The minimum atomic E-state index is -5.11. The van der Waals surface area contributed by atoms with Crippen LogP contribution < -0.4 is 14.8 Å². The number of hydrogen-bond donors (Lipinski definition) is 1. The number of halogens is 3. The number of carbonyl (C=O) groups is 2. The number of esters is 1. The van der Waals surface area contributed by atoms with Crippen molar-refractivity contribution >= 4 is 25.8 Å². The summed E-state index contributed by atoms with van der Waals surface area (Å²) in [6.07, 6.45) is -4.05.